The molecule has 8 heteroatoms. The molecule has 0 atom stereocenters. The maximum absolute atomic E-state index is 12.5. The molecular weight excluding hydrogens is 428 g/mol. The second-order valence-electron chi connectivity index (χ2n) is 8.55. The fourth-order valence-electron chi connectivity index (χ4n) is 4.40. The van der Waals surface area contributed by atoms with Gasteiger partial charge in [-0.05, 0) is 37.1 Å². The summed E-state index contributed by atoms with van der Waals surface area (Å²) in [5, 5.41) is 5.82. The minimum absolute atomic E-state index is 0.0735. The summed E-state index contributed by atoms with van der Waals surface area (Å²) < 4.78 is 8.30. The Labute approximate surface area is 199 Å². The number of rotatable bonds is 11. The van der Waals surface area contributed by atoms with Crippen molar-refractivity contribution in [3.8, 4) is 0 Å². The largest absolute Gasteiger partial charge is 0.351 e. The van der Waals surface area contributed by atoms with Crippen LogP contribution < -0.4 is 19.8 Å². The third-order valence-electron chi connectivity index (χ3n) is 5.88. The third-order valence-corrected chi connectivity index (χ3v) is 5.88. The van der Waals surface area contributed by atoms with E-state index in [0.717, 1.165) is 48.0 Å². The molecule has 0 fully saturated rings. The summed E-state index contributed by atoms with van der Waals surface area (Å²) in [6.45, 7) is 7.38. The van der Waals surface area contributed by atoms with Crippen LogP contribution in [0.2, 0.25) is 0 Å². The Morgan fingerprint density at radius 2 is 1.12 bits per heavy atom. The summed E-state index contributed by atoms with van der Waals surface area (Å²) in [5.74, 6) is -0.147. The number of imidazole rings is 2. The van der Waals surface area contributed by atoms with Crippen LogP contribution in [0, 0.1) is 0 Å². The van der Waals surface area contributed by atoms with E-state index in [-0.39, 0.29) is 24.9 Å². The van der Waals surface area contributed by atoms with Crippen LogP contribution in [0.5, 0.6) is 0 Å². The number of nitrogens with zero attached hydrogens (tertiary/aromatic N) is 4. The summed E-state index contributed by atoms with van der Waals surface area (Å²) in [6, 6.07) is 16.2. The topological polar surface area (TPSA) is 75.8 Å². The highest BCUT2D eigenvalue weighted by molar-refractivity contribution is 5.77. The van der Waals surface area contributed by atoms with Gasteiger partial charge >= 0.3 is 0 Å². The molecule has 0 aliphatic heterocycles. The molecule has 0 saturated heterocycles. The van der Waals surface area contributed by atoms with Crippen LogP contribution in [0.4, 0.5) is 0 Å². The predicted molar refractivity (Wildman–Crippen MR) is 131 cm³/mol. The van der Waals surface area contributed by atoms with Gasteiger partial charge in [-0.25, -0.2) is 18.3 Å². The number of para-hydroxylation sites is 4. The summed E-state index contributed by atoms with van der Waals surface area (Å²) in [7, 11) is 0. The fraction of sp³-hybridized carbons (Fsp3) is 0.385. The highest BCUT2D eigenvalue weighted by atomic mass is 16.2. The van der Waals surface area contributed by atoms with E-state index < -0.39 is 0 Å². The molecule has 0 aliphatic rings. The van der Waals surface area contributed by atoms with Crippen molar-refractivity contribution in [3.05, 3.63) is 61.2 Å². The predicted octanol–water partition coefficient (Wildman–Crippen LogP) is 1.92. The zero-order valence-corrected chi connectivity index (χ0v) is 20.0. The molecular formula is C26H34N6O2+2. The number of amides is 2. The van der Waals surface area contributed by atoms with Crippen molar-refractivity contribution in [2.75, 3.05) is 13.1 Å². The smallest absolute Gasteiger partial charge is 0.262 e. The maximum Gasteiger partial charge on any atom is 0.262 e. The Kier molecular flexibility index (Phi) is 7.57. The lowest BCUT2D eigenvalue weighted by atomic mass is 10.3. The van der Waals surface area contributed by atoms with Crippen LogP contribution in [-0.2, 0) is 35.8 Å². The van der Waals surface area contributed by atoms with Crippen molar-refractivity contribution in [2.45, 2.75) is 52.9 Å². The van der Waals surface area contributed by atoms with E-state index in [1.54, 1.807) is 0 Å². The maximum atomic E-state index is 12.5. The van der Waals surface area contributed by atoms with Gasteiger partial charge in [-0.15, -0.1) is 0 Å². The van der Waals surface area contributed by atoms with Gasteiger partial charge in [0.1, 0.15) is 0 Å². The molecule has 0 spiro atoms. The first-order valence-corrected chi connectivity index (χ1v) is 12.1. The molecule has 0 unspecified atom stereocenters. The molecule has 4 rings (SSSR count). The quantitative estimate of drug-likeness (QED) is 0.264. The SMILES string of the molecule is CCCn1c[n+](CC(=O)NCCNC(=O)C[n+]2cn(CCC)c3ccccc32)c2ccccc21. The van der Waals surface area contributed by atoms with Crippen LogP contribution in [0.15, 0.2) is 61.2 Å². The van der Waals surface area contributed by atoms with Gasteiger partial charge in [-0.2, -0.15) is 0 Å². The Morgan fingerprint density at radius 1 is 0.706 bits per heavy atom. The van der Waals surface area contributed by atoms with Crippen molar-refractivity contribution in [3.63, 3.8) is 0 Å². The third kappa shape index (κ3) is 5.27. The second kappa shape index (κ2) is 11.0. The average Bonchev–Trinajstić information content (AvgIpc) is 3.36. The van der Waals surface area contributed by atoms with Gasteiger partial charge in [0.25, 0.3) is 11.8 Å². The first kappa shape index (κ1) is 23.5. The van der Waals surface area contributed by atoms with Crippen LogP contribution in [0.3, 0.4) is 0 Å². The molecule has 34 heavy (non-hydrogen) atoms. The van der Waals surface area contributed by atoms with E-state index in [2.05, 4.69) is 45.7 Å². The minimum atomic E-state index is -0.0735. The van der Waals surface area contributed by atoms with E-state index in [4.69, 9.17) is 0 Å². The Morgan fingerprint density at radius 3 is 1.53 bits per heavy atom. The number of hydrogen-bond acceptors (Lipinski definition) is 2. The van der Waals surface area contributed by atoms with Crippen LogP contribution in [-0.4, -0.2) is 34.0 Å². The van der Waals surface area contributed by atoms with Crippen molar-refractivity contribution in [1.82, 2.24) is 19.8 Å². The summed E-state index contributed by atoms with van der Waals surface area (Å²) in [6.07, 6.45) is 6.06. The average molecular weight is 463 g/mol. The number of aryl methyl sites for hydroxylation is 2. The molecule has 8 nitrogen and oxygen atoms in total. The lowest BCUT2D eigenvalue weighted by molar-refractivity contribution is -0.659. The molecule has 0 radical (unpaired) electrons. The normalized spacial score (nSPS) is 11.2. The summed E-state index contributed by atoms with van der Waals surface area (Å²) in [4.78, 5) is 25.0. The van der Waals surface area contributed by atoms with Crippen LogP contribution >= 0.6 is 0 Å². The number of aromatic nitrogens is 4. The lowest BCUT2D eigenvalue weighted by Gasteiger charge is -2.06. The number of carbonyl (C=O) groups is 2. The fourth-order valence-corrected chi connectivity index (χ4v) is 4.40. The van der Waals surface area contributed by atoms with E-state index in [1.807, 2.05) is 58.2 Å². The van der Waals surface area contributed by atoms with Crippen LogP contribution in [0.1, 0.15) is 26.7 Å². The molecule has 0 aliphatic carbocycles. The van der Waals surface area contributed by atoms with Crippen LogP contribution in [0.25, 0.3) is 22.1 Å². The van der Waals surface area contributed by atoms with Gasteiger partial charge < -0.3 is 10.6 Å². The number of hydrogen-bond donors (Lipinski definition) is 2. The Bertz CT molecular complexity index is 1190. The van der Waals surface area contributed by atoms with Crippen molar-refractivity contribution >= 4 is 33.9 Å². The number of nitrogens with one attached hydrogen (secondary N) is 2. The van der Waals surface area contributed by atoms with Crippen molar-refractivity contribution in [1.29, 1.82) is 0 Å². The van der Waals surface area contributed by atoms with E-state index in [1.165, 1.54) is 0 Å². The van der Waals surface area contributed by atoms with Gasteiger partial charge in [0.05, 0.1) is 13.1 Å². The molecule has 2 aromatic carbocycles. The van der Waals surface area contributed by atoms with Crippen molar-refractivity contribution < 1.29 is 18.7 Å². The molecule has 4 aromatic rings. The number of fused-ring (bicyclic) bond motifs is 2. The molecule has 0 saturated carbocycles. The zero-order valence-electron chi connectivity index (χ0n) is 20.0. The summed E-state index contributed by atoms with van der Waals surface area (Å²) in [5.41, 5.74) is 4.33. The second-order valence-corrected chi connectivity index (χ2v) is 8.55. The first-order valence-electron chi connectivity index (χ1n) is 12.1. The highest BCUT2D eigenvalue weighted by Crippen LogP contribution is 2.12. The van der Waals surface area contributed by atoms with Gasteiger partial charge in [-0.3, -0.25) is 9.59 Å². The molecule has 2 aromatic heterocycles. The van der Waals surface area contributed by atoms with E-state index >= 15 is 0 Å². The molecule has 2 N–H and O–H groups in total. The van der Waals surface area contributed by atoms with Gasteiger partial charge in [0, 0.05) is 13.1 Å². The molecule has 0 bridgehead atoms. The molecule has 178 valence electrons. The Hall–Kier alpha value is -3.68. The molecule has 2 heterocycles. The Balaban J connectivity index is 1.27. The van der Waals surface area contributed by atoms with Gasteiger partial charge in [0.15, 0.2) is 35.2 Å². The highest BCUT2D eigenvalue weighted by Gasteiger charge is 2.18. The van der Waals surface area contributed by atoms with Gasteiger partial charge in [-0.1, -0.05) is 38.1 Å². The van der Waals surface area contributed by atoms with Crippen molar-refractivity contribution in [2.24, 2.45) is 0 Å². The minimum Gasteiger partial charge on any atom is -0.351 e. The first-order chi connectivity index (χ1) is 16.6. The lowest BCUT2D eigenvalue weighted by Crippen LogP contribution is -2.46. The molecule has 2 amide bonds. The zero-order chi connectivity index (χ0) is 23.9. The number of benzene rings is 2. The van der Waals surface area contributed by atoms with E-state index in [9.17, 15) is 9.59 Å². The van der Waals surface area contributed by atoms with E-state index in [0.29, 0.717) is 13.1 Å². The summed E-state index contributed by atoms with van der Waals surface area (Å²) >= 11 is 0. The standard InChI is InChI=1S/C26H32N6O2/c1-3-15-29-19-31(23-11-7-5-9-21(23)29)17-25(33)27-13-14-28-26(34)18-32-20-30(16-4-2)22-10-6-8-12-24(22)32/h5-12,19-20H,3-4,13-18H2,1-2H3/p+2. The number of carbonyl (C=O) groups excluding carboxylic acids is 2. The monoisotopic (exact) mass is 462 g/mol. The van der Waals surface area contributed by atoms with Gasteiger partial charge in [0.2, 0.25) is 12.7 Å².